The average Bonchev–Trinajstić information content (AvgIpc) is 2.68. The van der Waals surface area contributed by atoms with Crippen molar-refractivity contribution in [3.8, 4) is 5.69 Å². The molecule has 0 saturated carbocycles. The van der Waals surface area contributed by atoms with Crippen LogP contribution in [0.15, 0.2) is 46.2 Å². The number of aromatic nitrogens is 3. The van der Waals surface area contributed by atoms with Crippen molar-refractivity contribution in [1.82, 2.24) is 14.0 Å². The van der Waals surface area contributed by atoms with E-state index in [1.165, 1.54) is 0 Å². The van der Waals surface area contributed by atoms with E-state index in [-0.39, 0.29) is 16.9 Å². The summed E-state index contributed by atoms with van der Waals surface area (Å²) in [6.07, 6.45) is 2.04. The number of aryl methyl sites for hydroxylation is 1. The van der Waals surface area contributed by atoms with Crippen molar-refractivity contribution in [3.05, 3.63) is 74.1 Å². The first-order valence-electron chi connectivity index (χ1n) is 7.80. The summed E-state index contributed by atoms with van der Waals surface area (Å²) < 4.78 is 11.2. The number of hydrogen-bond donors (Lipinski definition) is 0. The van der Waals surface area contributed by atoms with E-state index in [9.17, 15) is 19.2 Å². The van der Waals surface area contributed by atoms with Crippen molar-refractivity contribution in [2.75, 3.05) is 14.2 Å². The van der Waals surface area contributed by atoms with Crippen molar-refractivity contribution < 1.29 is 19.1 Å². The van der Waals surface area contributed by atoms with Crippen LogP contribution in [0.2, 0.25) is 0 Å². The minimum absolute atomic E-state index is 0.0610. The van der Waals surface area contributed by atoms with Crippen LogP contribution in [0.3, 0.4) is 0 Å². The van der Waals surface area contributed by atoms with E-state index in [0.717, 1.165) is 41.1 Å². The molecule has 9 heteroatoms. The van der Waals surface area contributed by atoms with Crippen LogP contribution >= 0.6 is 0 Å². The second-order valence-electron chi connectivity index (χ2n) is 5.65. The minimum atomic E-state index is -0.918. The molecule has 1 aromatic carbocycles. The summed E-state index contributed by atoms with van der Waals surface area (Å²) in [4.78, 5) is 53.5. The molecule has 0 N–H and O–H groups in total. The Balaban J connectivity index is 2.47. The zero-order chi connectivity index (χ0) is 19.7. The van der Waals surface area contributed by atoms with Crippen LogP contribution < -0.4 is 11.1 Å². The SMILES string of the molecule is COC(=O)c1cn2c(=O)c(C(=O)OC)cnc2n(-c2ccc(C)cc2)c1=O. The highest BCUT2D eigenvalue weighted by molar-refractivity contribution is 5.90. The second kappa shape index (κ2) is 6.87. The number of hydrogen-bond acceptors (Lipinski definition) is 7. The maximum Gasteiger partial charge on any atom is 0.345 e. The average molecular weight is 369 g/mol. The maximum absolute atomic E-state index is 12.9. The molecule has 27 heavy (non-hydrogen) atoms. The number of methoxy groups -OCH3 is 2. The van der Waals surface area contributed by atoms with Crippen molar-refractivity contribution >= 4 is 17.7 Å². The van der Waals surface area contributed by atoms with Crippen LogP contribution in [-0.2, 0) is 9.47 Å². The van der Waals surface area contributed by atoms with Gasteiger partial charge in [-0.05, 0) is 19.1 Å². The van der Waals surface area contributed by atoms with Gasteiger partial charge in [0.15, 0.2) is 0 Å². The molecule has 2 aromatic heterocycles. The van der Waals surface area contributed by atoms with Crippen LogP contribution in [0.5, 0.6) is 0 Å². The Bertz CT molecular complexity index is 1170. The van der Waals surface area contributed by atoms with Crippen LogP contribution in [0.4, 0.5) is 0 Å². The lowest BCUT2D eigenvalue weighted by Crippen LogP contribution is -2.33. The molecule has 138 valence electrons. The van der Waals surface area contributed by atoms with Crippen LogP contribution in [0.1, 0.15) is 26.3 Å². The molecular weight excluding hydrogens is 354 g/mol. The number of fused-ring (bicyclic) bond motifs is 1. The van der Waals surface area contributed by atoms with Gasteiger partial charge in [-0.3, -0.25) is 14.0 Å². The molecule has 9 nitrogen and oxygen atoms in total. The molecule has 3 rings (SSSR count). The van der Waals surface area contributed by atoms with Crippen molar-refractivity contribution in [2.45, 2.75) is 6.92 Å². The highest BCUT2D eigenvalue weighted by Gasteiger charge is 2.21. The van der Waals surface area contributed by atoms with Gasteiger partial charge >= 0.3 is 11.9 Å². The third kappa shape index (κ3) is 2.99. The predicted molar refractivity (Wildman–Crippen MR) is 94.5 cm³/mol. The summed E-state index contributed by atoms with van der Waals surface area (Å²) in [7, 11) is 2.25. The van der Waals surface area contributed by atoms with Gasteiger partial charge in [0.25, 0.3) is 11.1 Å². The standard InChI is InChI=1S/C18H15N3O6/c1-10-4-6-11(7-5-10)21-15(23)13(17(25)27-3)9-20-14(22)12(16(24)26-2)8-19-18(20)21/h4-9H,1-3H3. The molecule has 0 aliphatic rings. The molecule has 0 bridgehead atoms. The quantitative estimate of drug-likeness (QED) is 0.626. The van der Waals surface area contributed by atoms with Gasteiger partial charge < -0.3 is 9.47 Å². The van der Waals surface area contributed by atoms with E-state index in [4.69, 9.17) is 0 Å². The first kappa shape index (κ1) is 18.1. The fourth-order valence-corrected chi connectivity index (χ4v) is 2.56. The summed E-state index contributed by atoms with van der Waals surface area (Å²) in [5.41, 5.74) is -0.845. The lowest BCUT2D eigenvalue weighted by molar-refractivity contribution is 0.0590. The van der Waals surface area contributed by atoms with E-state index in [0.29, 0.717) is 5.69 Å². The molecule has 0 aliphatic carbocycles. The lowest BCUT2D eigenvalue weighted by Gasteiger charge is -2.13. The maximum atomic E-state index is 12.9. The monoisotopic (exact) mass is 369 g/mol. The van der Waals surface area contributed by atoms with E-state index in [1.54, 1.807) is 24.3 Å². The fourth-order valence-electron chi connectivity index (χ4n) is 2.56. The topological polar surface area (TPSA) is 109 Å². The summed E-state index contributed by atoms with van der Waals surface area (Å²) in [6, 6.07) is 6.84. The molecule has 0 saturated heterocycles. The number of carbonyl (C=O) groups excluding carboxylic acids is 2. The number of carbonyl (C=O) groups is 2. The highest BCUT2D eigenvalue weighted by Crippen LogP contribution is 2.11. The van der Waals surface area contributed by atoms with E-state index in [1.807, 2.05) is 6.92 Å². The van der Waals surface area contributed by atoms with Crippen LogP contribution in [-0.4, -0.2) is 40.1 Å². The molecule has 3 aromatic rings. The van der Waals surface area contributed by atoms with Crippen molar-refractivity contribution in [2.24, 2.45) is 0 Å². The van der Waals surface area contributed by atoms with Crippen molar-refractivity contribution in [1.29, 1.82) is 0 Å². The Morgan fingerprint density at radius 1 is 0.926 bits per heavy atom. The normalized spacial score (nSPS) is 10.6. The van der Waals surface area contributed by atoms with E-state index in [2.05, 4.69) is 14.5 Å². The van der Waals surface area contributed by atoms with Gasteiger partial charge in [0.2, 0.25) is 5.78 Å². The second-order valence-corrected chi connectivity index (χ2v) is 5.65. The Morgan fingerprint density at radius 2 is 1.52 bits per heavy atom. The van der Waals surface area contributed by atoms with Gasteiger partial charge in [0.1, 0.15) is 11.1 Å². The zero-order valence-corrected chi connectivity index (χ0v) is 14.8. The minimum Gasteiger partial charge on any atom is -0.465 e. The summed E-state index contributed by atoms with van der Waals surface area (Å²) in [5, 5.41) is 0. The van der Waals surface area contributed by atoms with Crippen molar-refractivity contribution in [3.63, 3.8) is 0 Å². The van der Waals surface area contributed by atoms with Gasteiger partial charge in [-0.15, -0.1) is 0 Å². The lowest BCUT2D eigenvalue weighted by atomic mass is 10.2. The molecule has 2 heterocycles. The number of ether oxygens (including phenoxy) is 2. The van der Waals surface area contributed by atoms with Gasteiger partial charge in [0.05, 0.1) is 26.1 Å². The highest BCUT2D eigenvalue weighted by atomic mass is 16.5. The smallest absolute Gasteiger partial charge is 0.345 e. The van der Waals surface area contributed by atoms with Crippen LogP contribution in [0, 0.1) is 6.92 Å². The van der Waals surface area contributed by atoms with Gasteiger partial charge in [0, 0.05) is 6.20 Å². The van der Waals surface area contributed by atoms with Gasteiger partial charge in [-0.2, -0.15) is 0 Å². The number of rotatable bonds is 3. The molecule has 0 atom stereocenters. The third-order valence-corrected chi connectivity index (χ3v) is 3.97. The molecule has 0 aliphatic heterocycles. The Labute approximate surface area is 152 Å². The molecule has 0 fully saturated rings. The fraction of sp³-hybridized carbons (Fsp3) is 0.167. The summed E-state index contributed by atoms with van der Waals surface area (Å²) >= 11 is 0. The largest absolute Gasteiger partial charge is 0.465 e. The van der Waals surface area contributed by atoms with Gasteiger partial charge in [-0.25, -0.2) is 19.1 Å². The Hall–Kier alpha value is -3.75. The Kier molecular flexibility index (Phi) is 4.59. The molecular formula is C18H15N3O6. The Morgan fingerprint density at radius 3 is 2.11 bits per heavy atom. The van der Waals surface area contributed by atoms with E-state index >= 15 is 0 Å². The molecule has 0 unspecified atom stereocenters. The number of esters is 2. The molecule has 0 amide bonds. The zero-order valence-electron chi connectivity index (χ0n) is 14.8. The third-order valence-electron chi connectivity index (χ3n) is 3.97. The van der Waals surface area contributed by atoms with Gasteiger partial charge in [-0.1, -0.05) is 17.7 Å². The molecule has 0 spiro atoms. The summed E-state index contributed by atoms with van der Waals surface area (Å²) in [5.74, 6) is -1.86. The summed E-state index contributed by atoms with van der Waals surface area (Å²) in [6.45, 7) is 1.88. The number of benzene rings is 1. The van der Waals surface area contributed by atoms with E-state index < -0.39 is 23.1 Å². The first-order chi connectivity index (χ1) is 12.9. The predicted octanol–water partition coefficient (Wildman–Crippen LogP) is 0.727. The first-order valence-corrected chi connectivity index (χ1v) is 7.80. The van der Waals surface area contributed by atoms with Crippen LogP contribution in [0.25, 0.3) is 11.5 Å². The number of nitrogens with zero attached hydrogens (tertiary/aromatic N) is 3. The molecule has 0 radical (unpaired) electrons.